The molecule has 0 bridgehead atoms. The highest BCUT2D eigenvalue weighted by Crippen LogP contribution is 2.23. The first-order chi connectivity index (χ1) is 13.1. The minimum absolute atomic E-state index is 0.0110. The summed E-state index contributed by atoms with van der Waals surface area (Å²) >= 11 is 1.35. The van der Waals surface area contributed by atoms with E-state index in [2.05, 4.69) is 33.0 Å². The molecule has 1 aromatic heterocycles. The fraction of sp³-hybridized carbons (Fsp3) is 0.300. The number of aromatic nitrogens is 4. The molecule has 3 rings (SSSR count). The van der Waals surface area contributed by atoms with Crippen LogP contribution in [0.1, 0.15) is 25.8 Å². The van der Waals surface area contributed by atoms with Gasteiger partial charge in [0.15, 0.2) is 0 Å². The van der Waals surface area contributed by atoms with E-state index < -0.39 is 0 Å². The van der Waals surface area contributed by atoms with Crippen LogP contribution >= 0.6 is 11.8 Å². The average Bonchev–Trinajstić information content (AvgIpc) is 3.16. The summed E-state index contributed by atoms with van der Waals surface area (Å²) in [6.45, 7) is 3.90. The van der Waals surface area contributed by atoms with Gasteiger partial charge >= 0.3 is 0 Å². The van der Waals surface area contributed by atoms with Crippen molar-refractivity contribution in [3.05, 3.63) is 66.2 Å². The fourth-order valence-electron chi connectivity index (χ4n) is 2.66. The molecule has 2 atom stereocenters. The third kappa shape index (κ3) is 5.40. The summed E-state index contributed by atoms with van der Waals surface area (Å²) in [6, 6.07) is 20.0. The standard InChI is InChI=1S/C20H23N5OS/c1-15(13-14-17-9-5-3-6-10-17)21-19(26)16(2)27-20-22-23-24-25(20)18-11-7-4-8-12-18/h3-12,15-16H,13-14H2,1-2H3,(H,21,26)/t15-,16-/m1/s1. The number of nitrogens with zero attached hydrogens (tertiary/aromatic N) is 4. The van der Waals surface area contributed by atoms with Crippen molar-refractivity contribution in [2.75, 3.05) is 0 Å². The van der Waals surface area contributed by atoms with Gasteiger partial charge in [0.05, 0.1) is 10.9 Å². The van der Waals surface area contributed by atoms with Crippen molar-refractivity contribution in [2.24, 2.45) is 0 Å². The maximum Gasteiger partial charge on any atom is 0.233 e. The Kier molecular flexibility index (Phi) is 6.59. The third-order valence-corrected chi connectivity index (χ3v) is 5.22. The lowest BCUT2D eigenvalue weighted by Gasteiger charge is -2.17. The molecule has 6 nitrogen and oxygen atoms in total. The maximum absolute atomic E-state index is 12.5. The zero-order valence-corrected chi connectivity index (χ0v) is 16.3. The van der Waals surface area contributed by atoms with Crippen molar-refractivity contribution < 1.29 is 4.79 Å². The molecule has 1 amide bonds. The van der Waals surface area contributed by atoms with Crippen LogP contribution in [0.5, 0.6) is 0 Å². The lowest BCUT2D eigenvalue weighted by molar-refractivity contribution is -0.120. The first-order valence-corrected chi connectivity index (χ1v) is 9.86. The van der Waals surface area contributed by atoms with Crippen molar-refractivity contribution in [3.63, 3.8) is 0 Å². The van der Waals surface area contributed by atoms with Gasteiger partial charge in [-0.3, -0.25) is 4.79 Å². The van der Waals surface area contributed by atoms with Gasteiger partial charge in [0.25, 0.3) is 0 Å². The van der Waals surface area contributed by atoms with Crippen LogP contribution in [-0.4, -0.2) is 37.4 Å². The molecule has 0 saturated carbocycles. The van der Waals surface area contributed by atoms with Crippen molar-refractivity contribution >= 4 is 17.7 Å². The number of aryl methyl sites for hydroxylation is 1. The number of nitrogens with one attached hydrogen (secondary N) is 1. The fourth-order valence-corrected chi connectivity index (χ4v) is 3.47. The van der Waals surface area contributed by atoms with Gasteiger partial charge in [0, 0.05) is 6.04 Å². The van der Waals surface area contributed by atoms with Crippen LogP contribution in [0.25, 0.3) is 5.69 Å². The molecule has 7 heteroatoms. The number of benzene rings is 2. The van der Waals surface area contributed by atoms with Crippen LogP contribution in [0.4, 0.5) is 0 Å². The maximum atomic E-state index is 12.5. The molecule has 0 radical (unpaired) electrons. The molecule has 140 valence electrons. The third-order valence-electron chi connectivity index (χ3n) is 4.19. The molecule has 1 N–H and O–H groups in total. The van der Waals surface area contributed by atoms with Gasteiger partial charge in [0.1, 0.15) is 0 Å². The molecule has 0 fully saturated rings. The molecular formula is C20H23N5OS. The van der Waals surface area contributed by atoms with Crippen LogP contribution in [0.3, 0.4) is 0 Å². The number of carbonyl (C=O) groups is 1. The Labute approximate surface area is 163 Å². The van der Waals surface area contributed by atoms with E-state index >= 15 is 0 Å². The van der Waals surface area contributed by atoms with Gasteiger partial charge in [-0.05, 0) is 54.8 Å². The molecular weight excluding hydrogens is 358 g/mol. The Bertz CT molecular complexity index is 853. The molecule has 0 unspecified atom stereocenters. The Balaban J connectivity index is 1.53. The van der Waals surface area contributed by atoms with Gasteiger partial charge in [-0.15, -0.1) is 5.10 Å². The first kappa shape index (κ1) is 19.1. The molecule has 0 saturated heterocycles. The van der Waals surface area contributed by atoms with Crippen molar-refractivity contribution in [1.82, 2.24) is 25.5 Å². The van der Waals surface area contributed by atoms with Gasteiger partial charge < -0.3 is 5.32 Å². The number of rotatable bonds is 8. The number of amides is 1. The Hall–Kier alpha value is -2.67. The minimum atomic E-state index is -0.294. The summed E-state index contributed by atoms with van der Waals surface area (Å²) < 4.78 is 1.65. The van der Waals surface area contributed by atoms with Crippen molar-refractivity contribution in [3.8, 4) is 5.69 Å². The van der Waals surface area contributed by atoms with Crippen molar-refractivity contribution in [2.45, 2.75) is 43.1 Å². The second-order valence-electron chi connectivity index (χ2n) is 6.40. The summed E-state index contributed by atoms with van der Waals surface area (Å²) in [4.78, 5) is 12.5. The summed E-state index contributed by atoms with van der Waals surface area (Å²) in [5, 5.41) is 15.2. The summed E-state index contributed by atoms with van der Waals surface area (Å²) in [7, 11) is 0. The Morgan fingerprint density at radius 2 is 1.74 bits per heavy atom. The van der Waals surface area contributed by atoms with Crippen molar-refractivity contribution in [1.29, 1.82) is 0 Å². The van der Waals surface area contributed by atoms with E-state index in [1.807, 2.05) is 62.4 Å². The topological polar surface area (TPSA) is 72.7 Å². The van der Waals surface area contributed by atoms with Gasteiger partial charge in [-0.2, -0.15) is 4.68 Å². The predicted octanol–water partition coefficient (Wildman–Crippen LogP) is 3.28. The molecule has 27 heavy (non-hydrogen) atoms. The predicted molar refractivity (Wildman–Crippen MR) is 107 cm³/mol. The summed E-state index contributed by atoms with van der Waals surface area (Å²) in [5.41, 5.74) is 2.15. The molecule has 0 aliphatic carbocycles. The van der Waals surface area contributed by atoms with Crippen LogP contribution in [0, 0.1) is 0 Å². The van der Waals surface area contributed by atoms with E-state index in [0.29, 0.717) is 5.16 Å². The lowest BCUT2D eigenvalue weighted by atomic mass is 10.1. The average molecular weight is 382 g/mol. The zero-order chi connectivity index (χ0) is 19.1. The quantitative estimate of drug-likeness (QED) is 0.606. The van der Waals surface area contributed by atoms with E-state index in [1.54, 1.807) is 4.68 Å². The number of hydrogen-bond donors (Lipinski definition) is 1. The Morgan fingerprint density at radius 3 is 2.44 bits per heavy atom. The zero-order valence-electron chi connectivity index (χ0n) is 15.4. The highest BCUT2D eigenvalue weighted by molar-refractivity contribution is 8.00. The number of tetrazole rings is 1. The summed E-state index contributed by atoms with van der Waals surface area (Å²) in [5.74, 6) is -0.0110. The number of carbonyl (C=O) groups excluding carboxylic acids is 1. The highest BCUT2D eigenvalue weighted by atomic mass is 32.2. The van der Waals surface area contributed by atoms with E-state index in [4.69, 9.17) is 0 Å². The van der Waals surface area contributed by atoms with E-state index in [1.165, 1.54) is 17.3 Å². The normalized spacial score (nSPS) is 13.1. The molecule has 3 aromatic rings. The highest BCUT2D eigenvalue weighted by Gasteiger charge is 2.20. The molecule has 2 aromatic carbocycles. The van der Waals surface area contributed by atoms with Crippen LogP contribution in [0.2, 0.25) is 0 Å². The second kappa shape index (κ2) is 9.32. The minimum Gasteiger partial charge on any atom is -0.353 e. The van der Waals surface area contributed by atoms with E-state index in [9.17, 15) is 4.79 Å². The Morgan fingerprint density at radius 1 is 1.07 bits per heavy atom. The van der Waals surface area contributed by atoms with E-state index in [0.717, 1.165) is 18.5 Å². The molecule has 0 aliphatic rings. The van der Waals surface area contributed by atoms with Gasteiger partial charge in [0.2, 0.25) is 11.1 Å². The SMILES string of the molecule is C[C@H](CCc1ccccc1)NC(=O)[C@@H](C)Sc1nnnn1-c1ccccc1. The number of para-hydroxylation sites is 1. The van der Waals surface area contributed by atoms with Crippen LogP contribution in [-0.2, 0) is 11.2 Å². The summed E-state index contributed by atoms with van der Waals surface area (Å²) in [6.07, 6.45) is 1.84. The monoisotopic (exact) mass is 381 g/mol. The first-order valence-electron chi connectivity index (χ1n) is 8.98. The largest absolute Gasteiger partial charge is 0.353 e. The molecule has 0 spiro atoms. The van der Waals surface area contributed by atoms with Crippen LogP contribution in [0.15, 0.2) is 65.8 Å². The molecule has 1 heterocycles. The van der Waals surface area contributed by atoms with Crippen LogP contribution < -0.4 is 5.32 Å². The second-order valence-corrected chi connectivity index (χ2v) is 7.71. The smallest absolute Gasteiger partial charge is 0.233 e. The number of thioether (sulfide) groups is 1. The van der Waals surface area contributed by atoms with Gasteiger partial charge in [-0.25, -0.2) is 0 Å². The molecule has 0 aliphatic heterocycles. The lowest BCUT2D eigenvalue weighted by Crippen LogP contribution is -2.38. The van der Waals surface area contributed by atoms with E-state index in [-0.39, 0.29) is 17.2 Å². The number of hydrogen-bond acceptors (Lipinski definition) is 5. The van der Waals surface area contributed by atoms with Gasteiger partial charge in [-0.1, -0.05) is 60.3 Å².